The van der Waals surface area contributed by atoms with Gasteiger partial charge in [0.2, 0.25) is 0 Å². The molecule has 0 saturated carbocycles. The Labute approximate surface area is 98.8 Å². The molecule has 0 fully saturated rings. The molecule has 1 N–H and O–H groups in total. The first kappa shape index (κ1) is 14.8. The summed E-state index contributed by atoms with van der Waals surface area (Å²) < 4.78 is 0. The fraction of sp³-hybridized carbons (Fsp3) is 0.917. The van der Waals surface area contributed by atoms with E-state index in [2.05, 4.69) is 32.2 Å². The average molecular weight is 228 g/mol. The van der Waals surface area contributed by atoms with E-state index in [-0.39, 0.29) is 6.04 Å². The molecule has 2 nitrogen and oxygen atoms in total. The van der Waals surface area contributed by atoms with Crippen molar-refractivity contribution in [3.63, 3.8) is 0 Å². The second kappa shape index (κ2) is 10.3. The largest absolute Gasteiger partial charge is 0.300 e. The number of nitrogens with one attached hydrogen (secondary N) is 1. The Balaban J connectivity index is 3.35. The van der Waals surface area contributed by atoms with Crippen LogP contribution in [-0.4, -0.2) is 23.6 Å². The number of nitrogens with zero attached hydrogens (tertiary/aromatic N) is 1. The molecule has 0 aliphatic carbocycles. The minimum Gasteiger partial charge on any atom is -0.300 e. The molecule has 15 heavy (non-hydrogen) atoms. The summed E-state index contributed by atoms with van der Waals surface area (Å²) >= 11 is 1.97. The molecule has 0 bridgehead atoms. The summed E-state index contributed by atoms with van der Waals surface area (Å²) in [4.78, 5) is 0. The Morgan fingerprint density at radius 2 is 2.00 bits per heavy atom. The number of unbranched alkanes of at least 4 members (excludes halogenated alkanes) is 2. The van der Waals surface area contributed by atoms with Crippen LogP contribution in [0.1, 0.15) is 46.5 Å². The number of hydrogen-bond donors (Lipinski definition) is 1. The summed E-state index contributed by atoms with van der Waals surface area (Å²) in [7, 11) is 0. The van der Waals surface area contributed by atoms with Gasteiger partial charge in [0.05, 0.1) is 12.1 Å². The predicted molar refractivity (Wildman–Crippen MR) is 69.1 cm³/mol. The van der Waals surface area contributed by atoms with E-state index in [1.54, 1.807) is 0 Å². The van der Waals surface area contributed by atoms with Crippen LogP contribution in [0.2, 0.25) is 0 Å². The predicted octanol–water partition coefficient (Wildman–Crippen LogP) is 3.19. The molecule has 0 aromatic carbocycles. The summed E-state index contributed by atoms with van der Waals surface area (Å²) in [5.41, 5.74) is 0. The lowest BCUT2D eigenvalue weighted by molar-refractivity contribution is 0.522. The van der Waals surface area contributed by atoms with Gasteiger partial charge in [-0.2, -0.15) is 17.0 Å². The maximum Gasteiger partial charge on any atom is 0.0962 e. The van der Waals surface area contributed by atoms with E-state index in [1.807, 2.05) is 11.8 Å². The molecular weight excluding hydrogens is 204 g/mol. The molecule has 0 aromatic heterocycles. The zero-order valence-corrected chi connectivity index (χ0v) is 11.1. The van der Waals surface area contributed by atoms with Crippen molar-refractivity contribution < 1.29 is 0 Å². The van der Waals surface area contributed by atoms with Crippen LogP contribution in [0, 0.1) is 11.3 Å². The average Bonchev–Trinajstić information content (AvgIpc) is 2.20. The van der Waals surface area contributed by atoms with Gasteiger partial charge < -0.3 is 0 Å². The third-order valence-corrected chi connectivity index (χ3v) is 3.24. The summed E-state index contributed by atoms with van der Waals surface area (Å²) in [6, 6.07) is 2.74. The molecule has 0 rings (SSSR count). The summed E-state index contributed by atoms with van der Waals surface area (Å²) in [6.45, 7) is 6.39. The van der Waals surface area contributed by atoms with Gasteiger partial charge in [0.25, 0.3) is 0 Å². The SMILES string of the molecule is CCCCCSCCC(C#N)NC(C)C. The Bertz CT molecular complexity index is 175. The van der Waals surface area contributed by atoms with Gasteiger partial charge in [-0.15, -0.1) is 0 Å². The maximum atomic E-state index is 8.89. The highest BCUT2D eigenvalue weighted by Crippen LogP contribution is 2.09. The van der Waals surface area contributed by atoms with Gasteiger partial charge in [-0.25, -0.2) is 0 Å². The fourth-order valence-corrected chi connectivity index (χ4v) is 2.36. The van der Waals surface area contributed by atoms with Gasteiger partial charge in [0, 0.05) is 6.04 Å². The number of nitriles is 1. The van der Waals surface area contributed by atoms with E-state index >= 15 is 0 Å². The smallest absolute Gasteiger partial charge is 0.0962 e. The van der Waals surface area contributed by atoms with Gasteiger partial charge in [0.15, 0.2) is 0 Å². The Hall–Kier alpha value is -0.200. The molecule has 0 saturated heterocycles. The number of thioether (sulfide) groups is 1. The summed E-state index contributed by atoms with van der Waals surface area (Å²) in [5, 5.41) is 12.2. The number of hydrogen-bond acceptors (Lipinski definition) is 3. The van der Waals surface area contributed by atoms with Crippen LogP contribution in [0.5, 0.6) is 0 Å². The first-order chi connectivity index (χ1) is 7.20. The minimum atomic E-state index is 0.0312. The molecular formula is C12H24N2S. The van der Waals surface area contributed by atoms with Gasteiger partial charge in [-0.1, -0.05) is 19.8 Å². The van der Waals surface area contributed by atoms with Crippen LogP contribution in [0.15, 0.2) is 0 Å². The van der Waals surface area contributed by atoms with Crippen molar-refractivity contribution in [3.05, 3.63) is 0 Å². The highest BCUT2D eigenvalue weighted by molar-refractivity contribution is 7.99. The third-order valence-electron chi connectivity index (χ3n) is 2.13. The zero-order chi connectivity index (χ0) is 11.5. The molecule has 0 aliphatic heterocycles. The van der Waals surface area contributed by atoms with Crippen LogP contribution in [0.25, 0.3) is 0 Å². The van der Waals surface area contributed by atoms with Crippen molar-refractivity contribution in [1.29, 1.82) is 5.26 Å². The lowest BCUT2D eigenvalue weighted by Crippen LogP contribution is -2.33. The van der Waals surface area contributed by atoms with Crippen molar-refractivity contribution in [3.8, 4) is 6.07 Å². The first-order valence-corrected chi connectivity index (χ1v) is 7.09. The second-order valence-electron chi connectivity index (χ2n) is 4.11. The van der Waals surface area contributed by atoms with Crippen LogP contribution in [0.3, 0.4) is 0 Å². The third kappa shape index (κ3) is 10.1. The minimum absolute atomic E-state index is 0.0312. The zero-order valence-electron chi connectivity index (χ0n) is 10.3. The second-order valence-corrected chi connectivity index (χ2v) is 5.34. The van der Waals surface area contributed by atoms with Crippen molar-refractivity contribution in [2.75, 3.05) is 11.5 Å². The van der Waals surface area contributed by atoms with Gasteiger partial charge in [-0.3, -0.25) is 5.32 Å². The molecule has 0 radical (unpaired) electrons. The van der Waals surface area contributed by atoms with Crippen molar-refractivity contribution in [2.24, 2.45) is 0 Å². The van der Waals surface area contributed by atoms with Gasteiger partial charge in [-0.05, 0) is 38.2 Å². The molecule has 0 amide bonds. The molecule has 3 heteroatoms. The highest BCUT2D eigenvalue weighted by atomic mass is 32.2. The van der Waals surface area contributed by atoms with Crippen molar-refractivity contribution in [2.45, 2.75) is 58.5 Å². The monoisotopic (exact) mass is 228 g/mol. The molecule has 0 heterocycles. The Morgan fingerprint density at radius 3 is 2.53 bits per heavy atom. The quantitative estimate of drug-likeness (QED) is 0.616. The first-order valence-electron chi connectivity index (χ1n) is 5.94. The number of rotatable bonds is 9. The Kier molecular flexibility index (Phi) is 10.2. The summed E-state index contributed by atoms with van der Waals surface area (Å²) in [6.07, 6.45) is 4.90. The lowest BCUT2D eigenvalue weighted by Gasteiger charge is -2.13. The van der Waals surface area contributed by atoms with Crippen molar-refractivity contribution in [1.82, 2.24) is 5.32 Å². The van der Waals surface area contributed by atoms with Crippen LogP contribution < -0.4 is 5.32 Å². The molecule has 0 spiro atoms. The van der Waals surface area contributed by atoms with Crippen LogP contribution >= 0.6 is 11.8 Å². The van der Waals surface area contributed by atoms with Gasteiger partial charge in [0.1, 0.15) is 0 Å². The normalized spacial score (nSPS) is 12.7. The Morgan fingerprint density at radius 1 is 1.27 bits per heavy atom. The molecule has 1 atom stereocenters. The molecule has 88 valence electrons. The standard InChI is InChI=1S/C12H24N2S/c1-4-5-6-8-15-9-7-12(10-13)14-11(2)3/h11-12,14H,4-9H2,1-3H3. The molecule has 1 unspecified atom stereocenters. The van der Waals surface area contributed by atoms with Crippen LogP contribution in [-0.2, 0) is 0 Å². The summed E-state index contributed by atoms with van der Waals surface area (Å²) in [5.74, 6) is 2.34. The van der Waals surface area contributed by atoms with E-state index in [0.717, 1.165) is 12.2 Å². The fourth-order valence-electron chi connectivity index (χ4n) is 1.34. The highest BCUT2D eigenvalue weighted by Gasteiger charge is 2.07. The van der Waals surface area contributed by atoms with E-state index in [0.29, 0.717) is 6.04 Å². The molecule has 0 aliphatic rings. The van der Waals surface area contributed by atoms with Gasteiger partial charge >= 0.3 is 0 Å². The maximum absolute atomic E-state index is 8.89. The van der Waals surface area contributed by atoms with Crippen molar-refractivity contribution >= 4 is 11.8 Å². The van der Waals surface area contributed by atoms with E-state index in [9.17, 15) is 0 Å². The lowest BCUT2D eigenvalue weighted by atomic mass is 10.2. The molecule has 0 aromatic rings. The van der Waals surface area contributed by atoms with E-state index in [4.69, 9.17) is 5.26 Å². The van der Waals surface area contributed by atoms with E-state index < -0.39 is 0 Å². The van der Waals surface area contributed by atoms with E-state index in [1.165, 1.54) is 25.0 Å². The topological polar surface area (TPSA) is 35.8 Å². The van der Waals surface area contributed by atoms with Crippen LogP contribution in [0.4, 0.5) is 0 Å².